The van der Waals surface area contributed by atoms with Crippen LogP contribution in [0.25, 0.3) is 0 Å². The zero-order valence-corrected chi connectivity index (χ0v) is 29.0. The highest BCUT2D eigenvalue weighted by Crippen LogP contribution is 2.66. The van der Waals surface area contributed by atoms with Gasteiger partial charge in [-0.1, -0.05) is 88.8 Å². The Morgan fingerprint density at radius 1 is 0.957 bits per heavy atom. The molecule has 2 bridgehead atoms. The molecule has 7 rings (SSSR count). The molecular weight excluding hydrogens is 584 g/mol. The summed E-state index contributed by atoms with van der Waals surface area (Å²) >= 11 is 0. The van der Waals surface area contributed by atoms with Gasteiger partial charge >= 0.3 is 0 Å². The molecule has 3 unspecified atom stereocenters. The summed E-state index contributed by atoms with van der Waals surface area (Å²) in [6, 6.07) is 14.6. The Kier molecular flexibility index (Phi) is 9.63. The lowest BCUT2D eigenvalue weighted by molar-refractivity contribution is -0.202. The normalized spacial score (nSPS) is 29.1. The molecule has 2 aliphatic heterocycles. The molecule has 5 atom stereocenters. The number of likely N-dealkylation sites (tertiary alicyclic amines) is 1. The van der Waals surface area contributed by atoms with Crippen molar-refractivity contribution in [1.29, 1.82) is 0 Å². The van der Waals surface area contributed by atoms with Crippen LogP contribution in [0.2, 0.25) is 0 Å². The lowest BCUT2D eigenvalue weighted by Gasteiger charge is -2.65. The number of unbranched alkanes of at least 4 members (excludes halogenated alkanes) is 7. The maximum absolute atomic E-state index is 14.1. The average molecular weight is 643 g/mol. The molecule has 3 aliphatic carbocycles. The quantitative estimate of drug-likeness (QED) is 0.185. The predicted octanol–water partition coefficient (Wildman–Crippen LogP) is 7.56. The van der Waals surface area contributed by atoms with E-state index in [1.807, 2.05) is 0 Å². The first kappa shape index (κ1) is 33.0. The van der Waals surface area contributed by atoms with Crippen LogP contribution >= 0.6 is 0 Å². The van der Waals surface area contributed by atoms with Crippen molar-refractivity contribution in [2.24, 2.45) is 11.8 Å². The highest BCUT2D eigenvalue weighted by Gasteiger charge is 2.73. The Bertz CT molecular complexity index is 1390. The Morgan fingerprint density at radius 3 is 2.40 bits per heavy atom. The summed E-state index contributed by atoms with van der Waals surface area (Å²) in [6.07, 6.45) is 16.6. The van der Waals surface area contributed by atoms with Gasteiger partial charge in [-0.15, -0.1) is 0 Å². The fraction of sp³-hybridized carbons (Fsp3) is 0.683. The number of piperidine rings is 1. The second-order valence-electron chi connectivity index (χ2n) is 16.2. The van der Waals surface area contributed by atoms with E-state index < -0.39 is 11.0 Å². The van der Waals surface area contributed by atoms with Gasteiger partial charge in [-0.2, -0.15) is 0 Å². The maximum atomic E-state index is 14.1. The third-order valence-electron chi connectivity index (χ3n) is 12.5. The van der Waals surface area contributed by atoms with Crippen LogP contribution in [-0.4, -0.2) is 69.3 Å². The maximum Gasteiger partial charge on any atom is 0.222 e. The van der Waals surface area contributed by atoms with Gasteiger partial charge in [0.05, 0.1) is 17.1 Å². The van der Waals surface area contributed by atoms with E-state index in [1.54, 1.807) is 6.07 Å². The molecule has 1 saturated heterocycles. The summed E-state index contributed by atoms with van der Waals surface area (Å²) in [7, 11) is 0. The SMILES string of the molecule is CC(C)CN(C(=O)CCCCCCCCCCc1ccccc1)C1CCC2(O)[C@H]3Cc4ccc(O)c5c4[C@@]2(CCN3CC2CC2)C1O5. The van der Waals surface area contributed by atoms with E-state index >= 15 is 0 Å². The van der Waals surface area contributed by atoms with Crippen molar-refractivity contribution in [2.45, 2.75) is 146 Å². The topological polar surface area (TPSA) is 73.2 Å². The van der Waals surface area contributed by atoms with Gasteiger partial charge in [0.15, 0.2) is 11.5 Å². The third kappa shape index (κ3) is 6.23. The Labute approximate surface area is 282 Å². The van der Waals surface area contributed by atoms with E-state index in [0.29, 0.717) is 31.1 Å². The molecule has 0 radical (unpaired) electrons. The molecule has 2 N–H and O–H groups in total. The van der Waals surface area contributed by atoms with Crippen molar-refractivity contribution in [3.63, 3.8) is 0 Å². The molecule has 2 aromatic carbocycles. The van der Waals surface area contributed by atoms with Crippen LogP contribution in [0.3, 0.4) is 0 Å². The molecule has 0 aromatic heterocycles. The second kappa shape index (κ2) is 13.7. The van der Waals surface area contributed by atoms with Gasteiger partial charge in [-0.05, 0) is 93.4 Å². The van der Waals surface area contributed by atoms with Crippen LogP contribution < -0.4 is 4.74 Å². The molecule has 1 spiro atoms. The van der Waals surface area contributed by atoms with E-state index in [-0.39, 0.29) is 29.8 Å². The first-order chi connectivity index (χ1) is 22.8. The Morgan fingerprint density at radius 2 is 1.68 bits per heavy atom. The number of amides is 1. The molecule has 5 aliphatic rings. The Hall–Kier alpha value is -2.57. The van der Waals surface area contributed by atoms with Crippen LogP contribution in [0.1, 0.15) is 120 Å². The lowest BCUT2D eigenvalue weighted by Crippen LogP contribution is -2.78. The number of aryl methyl sites for hydroxylation is 1. The van der Waals surface area contributed by atoms with Gasteiger partial charge in [0.25, 0.3) is 0 Å². The van der Waals surface area contributed by atoms with Crippen LogP contribution in [0.15, 0.2) is 42.5 Å². The van der Waals surface area contributed by atoms with E-state index in [9.17, 15) is 15.0 Å². The average Bonchev–Trinajstić information content (AvgIpc) is 3.81. The number of carbonyl (C=O) groups is 1. The summed E-state index contributed by atoms with van der Waals surface area (Å²) in [5, 5.41) is 23.9. The van der Waals surface area contributed by atoms with Crippen LogP contribution in [0.4, 0.5) is 0 Å². The first-order valence-corrected chi connectivity index (χ1v) is 19.1. The summed E-state index contributed by atoms with van der Waals surface area (Å²) < 4.78 is 6.83. The molecule has 1 amide bonds. The first-order valence-electron chi connectivity index (χ1n) is 19.1. The number of benzene rings is 2. The van der Waals surface area contributed by atoms with Crippen molar-refractivity contribution in [3.05, 3.63) is 59.2 Å². The molecule has 2 aromatic rings. The fourth-order valence-corrected chi connectivity index (χ4v) is 10.0. The number of ether oxygens (including phenoxy) is 1. The van der Waals surface area contributed by atoms with Gasteiger partial charge < -0.3 is 19.8 Å². The zero-order valence-electron chi connectivity index (χ0n) is 29.0. The summed E-state index contributed by atoms with van der Waals surface area (Å²) in [6.45, 7) is 7.10. The number of nitrogens with zero attached hydrogens (tertiary/aromatic N) is 2. The summed E-state index contributed by atoms with van der Waals surface area (Å²) in [4.78, 5) is 18.8. The largest absolute Gasteiger partial charge is 0.504 e. The smallest absolute Gasteiger partial charge is 0.222 e. The second-order valence-corrected chi connectivity index (χ2v) is 16.2. The predicted molar refractivity (Wildman–Crippen MR) is 187 cm³/mol. The van der Waals surface area contributed by atoms with Crippen LogP contribution in [-0.2, 0) is 23.1 Å². The monoisotopic (exact) mass is 642 g/mol. The molecule has 256 valence electrons. The number of aromatic hydroxyl groups is 1. The number of aliphatic hydroxyl groups is 1. The van der Waals surface area contributed by atoms with Crippen molar-refractivity contribution >= 4 is 5.91 Å². The summed E-state index contributed by atoms with van der Waals surface area (Å²) in [5.41, 5.74) is 2.21. The van der Waals surface area contributed by atoms with E-state index in [2.05, 4.69) is 60.0 Å². The number of phenolic OH excluding ortho intramolecular Hbond substituents is 1. The van der Waals surface area contributed by atoms with Crippen molar-refractivity contribution in [3.8, 4) is 11.5 Å². The highest BCUT2D eigenvalue weighted by molar-refractivity contribution is 5.77. The minimum atomic E-state index is -0.915. The van der Waals surface area contributed by atoms with Gasteiger partial charge in [-0.3, -0.25) is 9.69 Å². The molecule has 6 heteroatoms. The molecule has 3 fully saturated rings. The van der Waals surface area contributed by atoms with E-state index in [0.717, 1.165) is 56.7 Å². The van der Waals surface area contributed by atoms with Gasteiger partial charge in [0.1, 0.15) is 6.10 Å². The van der Waals surface area contributed by atoms with E-state index in [1.165, 1.54) is 68.9 Å². The number of rotatable bonds is 16. The zero-order chi connectivity index (χ0) is 32.6. The molecule has 2 heterocycles. The van der Waals surface area contributed by atoms with Gasteiger partial charge in [-0.25, -0.2) is 0 Å². The van der Waals surface area contributed by atoms with Crippen LogP contribution in [0.5, 0.6) is 11.5 Å². The number of hydrogen-bond acceptors (Lipinski definition) is 5. The standard InChI is InChI=1S/C41H58N2O4/c1-29(2)27-43(36(45)17-13-8-6-4-3-5-7-10-14-30-15-11-9-12-16-30)33-22-23-41(46)35-26-32-20-21-34(44)38-37(32)40(41,39(33)47-38)24-25-42(35)28-31-18-19-31/h9,11-12,15-16,20-21,29,31,33,35,39,44,46H,3-8,10,13-14,17-19,22-28H2,1-2H3/t33?,35-,39?,40+,41?/m1/s1. The van der Waals surface area contributed by atoms with Crippen molar-refractivity contribution in [1.82, 2.24) is 9.80 Å². The number of carbonyl (C=O) groups excluding carboxylic acids is 1. The van der Waals surface area contributed by atoms with Crippen molar-refractivity contribution in [2.75, 3.05) is 19.6 Å². The van der Waals surface area contributed by atoms with Crippen molar-refractivity contribution < 1.29 is 19.7 Å². The minimum Gasteiger partial charge on any atom is -0.504 e. The molecule has 2 saturated carbocycles. The third-order valence-corrected chi connectivity index (χ3v) is 12.5. The molecule has 6 nitrogen and oxygen atoms in total. The lowest BCUT2D eigenvalue weighted by atomic mass is 9.48. The number of hydrogen-bond donors (Lipinski definition) is 2. The highest BCUT2D eigenvalue weighted by atomic mass is 16.5. The molecular formula is C41H58N2O4. The minimum absolute atomic E-state index is 0.0602. The van der Waals surface area contributed by atoms with Gasteiger partial charge in [0.2, 0.25) is 5.91 Å². The Balaban J connectivity index is 0.982. The number of phenols is 1. The van der Waals surface area contributed by atoms with E-state index in [4.69, 9.17) is 4.74 Å². The summed E-state index contributed by atoms with van der Waals surface area (Å²) in [5.74, 6) is 2.08. The van der Waals surface area contributed by atoms with Gasteiger partial charge in [0, 0.05) is 31.1 Å². The molecule has 47 heavy (non-hydrogen) atoms. The van der Waals surface area contributed by atoms with Crippen LogP contribution in [0, 0.1) is 11.8 Å². The fourth-order valence-electron chi connectivity index (χ4n) is 10.0.